The number of hydrogen-bond donors (Lipinski definition) is 3. The first-order valence-corrected chi connectivity index (χ1v) is 7.93. The first kappa shape index (κ1) is 19.8. The third kappa shape index (κ3) is 4.77. The van der Waals surface area contributed by atoms with E-state index in [2.05, 4.69) is 20.5 Å². The van der Waals surface area contributed by atoms with E-state index in [1.165, 1.54) is 21.3 Å². The summed E-state index contributed by atoms with van der Waals surface area (Å²) in [5.74, 6) is 1.89. The molecule has 0 unspecified atom stereocenters. The fourth-order valence-corrected chi connectivity index (χ4v) is 2.30. The van der Waals surface area contributed by atoms with Crippen molar-refractivity contribution in [3.8, 4) is 23.0 Å². The van der Waals surface area contributed by atoms with Crippen LogP contribution in [0.1, 0.15) is 6.42 Å². The van der Waals surface area contributed by atoms with Gasteiger partial charge in [0.1, 0.15) is 5.75 Å². The van der Waals surface area contributed by atoms with Gasteiger partial charge in [-0.3, -0.25) is 9.78 Å². The number of nitrogens with two attached hydrogens (primary N) is 1. The highest BCUT2D eigenvalue weighted by molar-refractivity contribution is 5.60. The van der Waals surface area contributed by atoms with Gasteiger partial charge in [-0.25, -0.2) is 0 Å². The number of ether oxygens (including phenoxy) is 4. The lowest BCUT2D eigenvalue weighted by Gasteiger charge is -2.14. The zero-order valence-electron chi connectivity index (χ0n) is 15.2. The normalized spacial score (nSPS) is 10.2. The van der Waals surface area contributed by atoms with Crippen LogP contribution in [0.4, 0.5) is 17.5 Å². The number of H-pyrrole nitrogens is 1. The molecule has 0 saturated heterocycles. The van der Waals surface area contributed by atoms with Gasteiger partial charge in [0.15, 0.2) is 17.3 Å². The van der Waals surface area contributed by atoms with Gasteiger partial charge in [0.2, 0.25) is 17.4 Å². The fourth-order valence-electron chi connectivity index (χ4n) is 2.30. The molecule has 0 amide bonds. The molecule has 11 heteroatoms. The standard InChI is InChI=1S/C16H21N5O6/c1-24-10-7-9(8-11(25-2)13(10)26-3)27-6-4-5-18-14-12(21-23)15(22)20-16(17)19-14/h7-8H,4-6H2,1-3H3,(H4,17,18,19,20,22). The second-order valence-corrected chi connectivity index (χ2v) is 5.23. The third-order valence-electron chi connectivity index (χ3n) is 3.53. The molecule has 11 nitrogen and oxygen atoms in total. The molecule has 1 aromatic heterocycles. The van der Waals surface area contributed by atoms with Crippen molar-refractivity contribution in [2.24, 2.45) is 5.18 Å². The number of nitrogen functional groups attached to an aromatic ring is 1. The lowest BCUT2D eigenvalue weighted by molar-refractivity contribution is 0.297. The van der Waals surface area contributed by atoms with Crippen molar-refractivity contribution in [2.75, 3.05) is 45.5 Å². The molecule has 27 heavy (non-hydrogen) atoms. The minimum Gasteiger partial charge on any atom is -0.493 e. The van der Waals surface area contributed by atoms with Crippen LogP contribution >= 0.6 is 0 Å². The molecule has 0 bridgehead atoms. The van der Waals surface area contributed by atoms with Crippen LogP contribution in [0.15, 0.2) is 22.1 Å². The number of benzene rings is 1. The number of hydrogen-bond acceptors (Lipinski definition) is 10. The van der Waals surface area contributed by atoms with E-state index < -0.39 is 5.56 Å². The molecule has 146 valence electrons. The summed E-state index contributed by atoms with van der Waals surface area (Å²) in [7, 11) is 4.55. The SMILES string of the molecule is COc1cc(OCCCNc2nc(N)[nH]c(=O)c2N=O)cc(OC)c1OC. The Morgan fingerprint density at radius 3 is 2.41 bits per heavy atom. The minimum atomic E-state index is -0.700. The topological polar surface area (TPSA) is 150 Å². The number of aromatic amines is 1. The molecule has 0 radical (unpaired) electrons. The van der Waals surface area contributed by atoms with Crippen LogP contribution in [-0.2, 0) is 0 Å². The summed E-state index contributed by atoms with van der Waals surface area (Å²) in [4.78, 5) is 28.4. The Balaban J connectivity index is 1.94. The molecule has 0 atom stereocenters. The molecule has 0 fully saturated rings. The van der Waals surface area contributed by atoms with E-state index in [9.17, 15) is 9.70 Å². The van der Waals surface area contributed by atoms with Gasteiger partial charge in [-0.2, -0.15) is 4.98 Å². The van der Waals surface area contributed by atoms with E-state index in [1.807, 2.05) is 0 Å². The molecule has 0 saturated carbocycles. The molecule has 2 aromatic rings. The predicted molar refractivity (Wildman–Crippen MR) is 99.4 cm³/mol. The molecule has 1 heterocycles. The van der Waals surface area contributed by atoms with Crippen LogP contribution in [0, 0.1) is 4.91 Å². The maximum absolute atomic E-state index is 11.6. The second-order valence-electron chi connectivity index (χ2n) is 5.23. The smallest absolute Gasteiger partial charge is 0.284 e. The molecule has 2 rings (SSSR count). The number of rotatable bonds is 10. The number of anilines is 2. The molecule has 0 spiro atoms. The van der Waals surface area contributed by atoms with Crippen molar-refractivity contribution in [2.45, 2.75) is 6.42 Å². The number of nitrogens with zero attached hydrogens (tertiary/aromatic N) is 2. The summed E-state index contributed by atoms with van der Waals surface area (Å²) >= 11 is 0. The van der Waals surface area contributed by atoms with E-state index in [1.54, 1.807) is 12.1 Å². The number of nitroso groups, excluding NO2 is 1. The van der Waals surface area contributed by atoms with E-state index in [0.29, 0.717) is 42.6 Å². The van der Waals surface area contributed by atoms with Crippen molar-refractivity contribution < 1.29 is 18.9 Å². The summed E-state index contributed by atoms with van der Waals surface area (Å²) < 4.78 is 21.5. The van der Waals surface area contributed by atoms with Crippen molar-refractivity contribution in [1.82, 2.24) is 9.97 Å². The first-order chi connectivity index (χ1) is 13.0. The lowest BCUT2D eigenvalue weighted by atomic mass is 10.2. The number of methoxy groups -OCH3 is 3. The van der Waals surface area contributed by atoms with Gasteiger partial charge in [0.25, 0.3) is 5.56 Å². The Hall–Kier alpha value is -3.50. The summed E-state index contributed by atoms with van der Waals surface area (Å²) in [6.45, 7) is 0.719. The minimum absolute atomic E-state index is 0.0269. The molecule has 0 aliphatic carbocycles. The Labute approximate surface area is 154 Å². The van der Waals surface area contributed by atoms with E-state index in [4.69, 9.17) is 24.7 Å². The van der Waals surface area contributed by atoms with E-state index in [0.717, 1.165) is 0 Å². The summed E-state index contributed by atoms with van der Waals surface area (Å²) in [6, 6.07) is 3.37. The summed E-state index contributed by atoms with van der Waals surface area (Å²) in [5, 5.41) is 5.51. The van der Waals surface area contributed by atoms with Crippen molar-refractivity contribution >= 4 is 17.5 Å². The highest BCUT2D eigenvalue weighted by Gasteiger charge is 2.14. The van der Waals surface area contributed by atoms with Gasteiger partial charge >= 0.3 is 0 Å². The molecule has 1 aromatic carbocycles. The maximum Gasteiger partial charge on any atom is 0.284 e. The van der Waals surface area contributed by atoms with Crippen molar-refractivity contribution in [3.05, 3.63) is 27.4 Å². The number of aromatic nitrogens is 2. The van der Waals surface area contributed by atoms with Gasteiger partial charge < -0.3 is 30.0 Å². The van der Waals surface area contributed by atoms with Crippen molar-refractivity contribution in [1.29, 1.82) is 0 Å². The van der Waals surface area contributed by atoms with E-state index in [-0.39, 0.29) is 17.5 Å². The molecule has 4 N–H and O–H groups in total. The summed E-state index contributed by atoms with van der Waals surface area (Å²) in [6.07, 6.45) is 0.545. The molecular formula is C16H21N5O6. The van der Waals surface area contributed by atoms with Crippen LogP contribution in [-0.4, -0.2) is 44.4 Å². The van der Waals surface area contributed by atoms with Crippen LogP contribution in [0.5, 0.6) is 23.0 Å². The second kappa shape index (κ2) is 9.27. The third-order valence-corrected chi connectivity index (χ3v) is 3.53. The van der Waals surface area contributed by atoms with Crippen LogP contribution in [0.3, 0.4) is 0 Å². The zero-order valence-corrected chi connectivity index (χ0v) is 15.2. The number of nitrogens with one attached hydrogen (secondary N) is 2. The van der Waals surface area contributed by atoms with Crippen LogP contribution < -0.4 is 35.6 Å². The Morgan fingerprint density at radius 1 is 1.19 bits per heavy atom. The van der Waals surface area contributed by atoms with Gasteiger partial charge in [0.05, 0.1) is 27.9 Å². The van der Waals surface area contributed by atoms with Crippen molar-refractivity contribution in [3.63, 3.8) is 0 Å². The Kier molecular flexibility index (Phi) is 6.80. The van der Waals surface area contributed by atoms with E-state index >= 15 is 0 Å². The summed E-state index contributed by atoms with van der Waals surface area (Å²) in [5.41, 5.74) is 4.41. The van der Waals surface area contributed by atoms with Gasteiger partial charge in [0, 0.05) is 18.7 Å². The van der Waals surface area contributed by atoms with Gasteiger partial charge in [-0.05, 0) is 11.6 Å². The lowest BCUT2D eigenvalue weighted by Crippen LogP contribution is -2.16. The average Bonchev–Trinajstić information content (AvgIpc) is 2.66. The molecule has 0 aliphatic rings. The largest absolute Gasteiger partial charge is 0.493 e. The predicted octanol–water partition coefficient (Wildman–Crippen LogP) is 1.66. The monoisotopic (exact) mass is 379 g/mol. The Bertz CT molecular complexity index is 829. The van der Waals surface area contributed by atoms with Crippen LogP contribution in [0.25, 0.3) is 0 Å². The first-order valence-electron chi connectivity index (χ1n) is 7.93. The molecule has 0 aliphatic heterocycles. The highest BCUT2D eigenvalue weighted by atomic mass is 16.5. The Morgan fingerprint density at radius 2 is 1.85 bits per heavy atom. The molecular weight excluding hydrogens is 358 g/mol. The zero-order chi connectivity index (χ0) is 19.8. The maximum atomic E-state index is 11.6. The average molecular weight is 379 g/mol. The quantitative estimate of drug-likeness (QED) is 0.413. The highest BCUT2D eigenvalue weighted by Crippen LogP contribution is 2.40. The van der Waals surface area contributed by atoms with Gasteiger partial charge in [-0.15, -0.1) is 4.91 Å². The fraction of sp³-hybridized carbons (Fsp3) is 0.375. The van der Waals surface area contributed by atoms with Crippen LogP contribution in [0.2, 0.25) is 0 Å². The van der Waals surface area contributed by atoms with Gasteiger partial charge in [-0.1, -0.05) is 0 Å².